The minimum absolute atomic E-state index is 0. The Hall–Kier alpha value is 0.843. The molecule has 0 amide bonds. The standard InChI is InChI=1S/2C5H5N.CH2O3.2K/c2*1-2-4-6-5-3-1;2-1(3)4;;/h2*1-5H;(H2,2,3,4);;/q;;;2*+1/p-2. The summed E-state index contributed by atoms with van der Waals surface area (Å²) in [6.45, 7) is 0. The number of pyridine rings is 2. The number of hydrogen-bond acceptors (Lipinski definition) is 5. The maximum atomic E-state index is 8.33. The van der Waals surface area contributed by atoms with Crippen LogP contribution in [0.3, 0.4) is 0 Å². The molecule has 2 aromatic rings. The molecule has 0 atom stereocenters. The van der Waals surface area contributed by atoms with Crippen molar-refractivity contribution in [2.75, 3.05) is 0 Å². The van der Waals surface area contributed by atoms with E-state index in [2.05, 4.69) is 9.97 Å². The fraction of sp³-hybridized carbons (Fsp3) is 0. The Morgan fingerprint density at radius 1 is 0.667 bits per heavy atom. The average molecular weight is 296 g/mol. The number of hydrogen-bond donors (Lipinski definition) is 0. The second-order valence-corrected chi connectivity index (χ2v) is 2.30. The number of nitrogens with zero attached hydrogens (tertiary/aromatic N) is 2. The van der Waals surface area contributed by atoms with Gasteiger partial charge in [0.05, 0.1) is 0 Å². The Morgan fingerprint density at radius 3 is 0.944 bits per heavy atom. The summed E-state index contributed by atoms with van der Waals surface area (Å²) in [6.07, 6.45) is 4.67. The van der Waals surface area contributed by atoms with Gasteiger partial charge in [-0.15, -0.1) is 0 Å². The third-order valence-electron chi connectivity index (χ3n) is 1.13. The van der Waals surface area contributed by atoms with Gasteiger partial charge in [0.2, 0.25) is 0 Å². The van der Waals surface area contributed by atoms with Gasteiger partial charge in [0.25, 0.3) is 0 Å². The van der Waals surface area contributed by atoms with Crippen LogP contribution >= 0.6 is 0 Å². The van der Waals surface area contributed by atoms with Gasteiger partial charge in [0.15, 0.2) is 0 Å². The van der Waals surface area contributed by atoms with E-state index in [1.165, 1.54) is 0 Å². The van der Waals surface area contributed by atoms with Crippen molar-refractivity contribution in [3.05, 3.63) is 61.2 Å². The van der Waals surface area contributed by atoms with Gasteiger partial charge in [-0.3, -0.25) is 9.97 Å². The Balaban J connectivity index is -0.000000182. The fourth-order valence-corrected chi connectivity index (χ4v) is 0.625. The molecule has 18 heavy (non-hydrogen) atoms. The first-order valence-corrected chi connectivity index (χ1v) is 4.31. The van der Waals surface area contributed by atoms with Crippen molar-refractivity contribution in [3.63, 3.8) is 0 Å². The first-order valence-electron chi connectivity index (χ1n) is 4.31. The largest absolute Gasteiger partial charge is 1.00 e. The zero-order valence-electron chi connectivity index (χ0n) is 10.4. The monoisotopic (exact) mass is 296 g/mol. The van der Waals surface area contributed by atoms with Gasteiger partial charge in [-0.25, -0.2) is 0 Å². The number of aromatic nitrogens is 2. The van der Waals surface area contributed by atoms with Crippen molar-refractivity contribution in [2.24, 2.45) is 0 Å². The molecule has 0 aliphatic carbocycles. The number of carbonyl (C=O) groups excluding carboxylic acids is 1. The molecule has 2 aromatic heterocycles. The first kappa shape index (κ1) is 23.9. The Bertz CT molecular complexity index is 274. The minimum Gasteiger partial charge on any atom is -0.652 e. The second-order valence-electron chi connectivity index (χ2n) is 2.30. The van der Waals surface area contributed by atoms with Gasteiger partial charge in [-0.05, 0) is 30.4 Å². The molecule has 0 bridgehead atoms. The van der Waals surface area contributed by atoms with E-state index < -0.39 is 6.16 Å². The molecule has 84 valence electrons. The zero-order valence-corrected chi connectivity index (χ0v) is 16.6. The van der Waals surface area contributed by atoms with Gasteiger partial charge < -0.3 is 15.0 Å². The van der Waals surface area contributed by atoms with E-state index in [-0.39, 0.29) is 103 Å². The van der Waals surface area contributed by atoms with Crippen LogP contribution in [0, 0.1) is 0 Å². The number of carboxylic acid groups (broad SMARTS) is 2. The number of rotatable bonds is 0. The maximum Gasteiger partial charge on any atom is 1.00 e. The predicted molar refractivity (Wildman–Crippen MR) is 53.9 cm³/mol. The quantitative estimate of drug-likeness (QED) is 0.451. The molecule has 0 spiro atoms. The summed E-state index contributed by atoms with van der Waals surface area (Å²) < 4.78 is 0. The average Bonchev–Trinajstić information content (AvgIpc) is 2.34. The predicted octanol–water partition coefficient (Wildman–Crippen LogP) is -6.28. The second kappa shape index (κ2) is 20.2. The van der Waals surface area contributed by atoms with Gasteiger partial charge in [-0.2, -0.15) is 0 Å². The van der Waals surface area contributed by atoms with E-state index in [0.29, 0.717) is 0 Å². The van der Waals surface area contributed by atoms with Crippen molar-refractivity contribution in [2.45, 2.75) is 0 Å². The molecule has 0 aromatic carbocycles. The summed E-state index contributed by atoms with van der Waals surface area (Å²) in [5.74, 6) is 0. The Labute approximate surface area is 191 Å². The minimum atomic E-state index is -2.33. The molecule has 2 rings (SSSR count). The van der Waals surface area contributed by atoms with Crippen molar-refractivity contribution < 1.29 is 118 Å². The zero-order chi connectivity index (χ0) is 12.1. The molecule has 0 fully saturated rings. The molecule has 2 heterocycles. The SMILES string of the molecule is O=C([O-])[O-].[K+].[K+].c1ccncc1.c1ccncc1. The van der Waals surface area contributed by atoms with Crippen LogP contribution in [0.25, 0.3) is 0 Å². The van der Waals surface area contributed by atoms with Crippen LogP contribution in [0.1, 0.15) is 0 Å². The molecular weight excluding hydrogens is 286 g/mol. The van der Waals surface area contributed by atoms with Gasteiger partial charge >= 0.3 is 103 Å². The van der Waals surface area contributed by atoms with E-state index in [1.807, 2.05) is 36.4 Å². The van der Waals surface area contributed by atoms with Crippen LogP contribution in [0.2, 0.25) is 0 Å². The molecule has 0 radical (unpaired) electrons. The third-order valence-corrected chi connectivity index (χ3v) is 1.13. The third kappa shape index (κ3) is 25.6. The number of carbonyl (C=O) groups is 1. The van der Waals surface area contributed by atoms with Crippen LogP contribution in [-0.4, -0.2) is 16.1 Å². The Morgan fingerprint density at radius 2 is 0.889 bits per heavy atom. The van der Waals surface area contributed by atoms with Crippen molar-refractivity contribution in [1.29, 1.82) is 0 Å². The smallest absolute Gasteiger partial charge is 0.652 e. The Kier molecular flexibility index (Phi) is 26.8. The maximum absolute atomic E-state index is 8.33. The molecule has 0 aliphatic heterocycles. The van der Waals surface area contributed by atoms with E-state index in [1.54, 1.807) is 24.8 Å². The summed E-state index contributed by atoms with van der Waals surface area (Å²) in [5.41, 5.74) is 0. The molecule has 0 saturated carbocycles. The first-order chi connectivity index (χ1) is 7.73. The van der Waals surface area contributed by atoms with Crippen LogP contribution in [-0.2, 0) is 0 Å². The van der Waals surface area contributed by atoms with Crippen molar-refractivity contribution in [1.82, 2.24) is 9.97 Å². The van der Waals surface area contributed by atoms with E-state index >= 15 is 0 Å². The summed E-state index contributed by atoms with van der Waals surface area (Å²) in [4.78, 5) is 15.9. The molecule has 5 nitrogen and oxygen atoms in total. The summed E-state index contributed by atoms with van der Waals surface area (Å²) in [5, 5.41) is 16.7. The summed E-state index contributed by atoms with van der Waals surface area (Å²) >= 11 is 0. The summed E-state index contributed by atoms with van der Waals surface area (Å²) in [6, 6.07) is 11.4. The molecule has 0 aliphatic rings. The van der Waals surface area contributed by atoms with E-state index in [9.17, 15) is 0 Å². The van der Waals surface area contributed by atoms with Crippen LogP contribution in [0.4, 0.5) is 4.79 Å². The van der Waals surface area contributed by atoms with E-state index in [0.717, 1.165) is 0 Å². The van der Waals surface area contributed by atoms with Gasteiger partial charge in [-0.1, -0.05) is 12.1 Å². The van der Waals surface area contributed by atoms with Gasteiger partial charge in [0, 0.05) is 24.8 Å². The fourth-order valence-electron chi connectivity index (χ4n) is 0.625. The van der Waals surface area contributed by atoms with Gasteiger partial charge in [0.1, 0.15) is 0 Å². The molecule has 0 N–H and O–H groups in total. The molecule has 0 unspecified atom stereocenters. The molecular formula is C11H10K2N2O3. The topological polar surface area (TPSA) is 89.0 Å². The van der Waals surface area contributed by atoms with Crippen LogP contribution < -0.4 is 113 Å². The van der Waals surface area contributed by atoms with E-state index in [4.69, 9.17) is 15.0 Å². The van der Waals surface area contributed by atoms with Crippen molar-refractivity contribution >= 4 is 6.16 Å². The van der Waals surface area contributed by atoms with Crippen LogP contribution in [0.15, 0.2) is 61.2 Å². The summed E-state index contributed by atoms with van der Waals surface area (Å²) in [7, 11) is 0. The van der Waals surface area contributed by atoms with Crippen LogP contribution in [0.5, 0.6) is 0 Å². The normalized spacial score (nSPS) is 6.67. The molecule has 7 heteroatoms. The molecule has 0 saturated heterocycles. The van der Waals surface area contributed by atoms with Crippen molar-refractivity contribution in [3.8, 4) is 0 Å².